The van der Waals surface area contributed by atoms with Crippen LogP contribution in [0.1, 0.15) is 132 Å². The largest absolute Gasteiger partial charge is 0.478 e. The molecule has 0 unspecified atom stereocenters. The van der Waals surface area contributed by atoms with Gasteiger partial charge in [-0.2, -0.15) is 0 Å². The molecule has 2 aliphatic carbocycles. The maximum atomic E-state index is 14.6. The molecule has 350 valence electrons. The number of carbonyl (C=O) groups is 9. The minimum absolute atomic E-state index is 0.0223. The van der Waals surface area contributed by atoms with Crippen LogP contribution in [0.3, 0.4) is 0 Å². The van der Waals surface area contributed by atoms with Gasteiger partial charge in [0.15, 0.2) is 5.78 Å². The predicted molar refractivity (Wildman–Crippen MR) is 229 cm³/mol. The standard InChI is InChI=1S/C44H61N7O13/c1-5-64-33(53)19-13-12-18-31(46-38(55)30-22-27(51(62)63)20-21-29(30)43(60)61)39(56)49-36(44(2,3)4)42(59)50-24-28(52)23-32(50)40(57)48-35(26-16-10-7-11-17-26)41(58)47-34(37(45)54)25-14-8-6-9-15-25/h13,19-22,25-26,31-32,34-36H,5-12,14-18,23-24H2,1-4H3,(H2,45,54)(H,46,55)(H,47,58)(H,48,57)(H,49,56)(H,60,61)/b19-13+/t31-,32-,34-,35-,36+/m0/s1. The Kier molecular flexibility index (Phi) is 18.1. The number of nitro groups is 1. The molecule has 1 aromatic rings. The molecule has 0 bridgehead atoms. The number of carbonyl (C=O) groups excluding carboxylic acids is 8. The van der Waals surface area contributed by atoms with Gasteiger partial charge in [0.2, 0.25) is 29.5 Å². The first-order chi connectivity index (χ1) is 30.2. The highest BCUT2D eigenvalue weighted by atomic mass is 16.6. The van der Waals surface area contributed by atoms with E-state index in [1.54, 1.807) is 27.7 Å². The highest BCUT2D eigenvalue weighted by Gasteiger charge is 2.46. The second kappa shape index (κ2) is 22.9. The number of primary amides is 1. The lowest BCUT2D eigenvalue weighted by Crippen LogP contribution is -2.62. The van der Waals surface area contributed by atoms with Crippen LogP contribution in [0.4, 0.5) is 5.69 Å². The summed E-state index contributed by atoms with van der Waals surface area (Å²) in [6.45, 7) is 6.06. The van der Waals surface area contributed by atoms with Gasteiger partial charge in [-0.3, -0.25) is 43.7 Å². The van der Waals surface area contributed by atoms with E-state index >= 15 is 0 Å². The van der Waals surface area contributed by atoms with Crippen LogP contribution in [0.5, 0.6) is 0 Å². The van der Waals surface area contributed by atoms with Crippen LogP contribution >= 0.6 is 0 Å². The molecule has 1 aromatic carbocycles. The lowest BCUT2D eigenvalue weighted by atomic mass is 9.81. The number of ketones is 1. The van der Waals surface area contributed by atoms with Crippen molar-refractivity contribution in [2.45, 2.75) is 141 Å². The van der Waals surface area contributed by atoms with Gasteiger partial charge in [0.05, 0.1) is 29.2 Å². The zero-order valence-electron chi connectivity index (χ0n) is 36.9. The van der Waals surface area contributed by atoms with Gasteiger partial charge in [-0.1, -0.05) is 65.4 Å². The Hall–Kier alpha value is -6.21. The van der Waals surface area contributed by atoms with Crippen molar-refractivity contribution in [2.75, 3.05) is 13.2 Å². The van der Waals surface area contributed by atoms with Gasteiger partial charge in [0.1, 0.15) is 30.2 Å². The summed E-state index contributed by atoms with van der Waals surface area (Å²) in [6.07, 6.45) is 9.85. The SMILES string of the molecule is CCOC(=O)/C=C/CC[C@H](NC(=O)c1cc([N+](=O)[O-])ccc1C(=O)O)C(=O)N[C@H](C(=O)N1CC(=O)C[C@H]1C(=O)N[C@H](C(=O)N[C@H](C(N)=O)C1CCCCC1)C1CCCCC1)C(C)(C)C. The Morgan fingerprint density at radius 1 is 0.891 bits per heavy atom. The van der Waals surface area contributed by atoms with E-state index in [0.717, 1.165) is 67.7 Å². The third-order valence-corrected chi connectivity index (χ3v) is 12.0. The van der Waals surface area contributed by atoms with Crippen LogP contribution in [0.2, 0.25) is 0 Å². The van der Waals surface area contributed by atoms with E-state index < -0.39 is 117 Å². The number of aromatic carboxylic acids is 1. The number of hydrogen-bond acceptors (Lipinski definition) is 12. The second-order valence-electron chi connectivity index (χ2n) is 17.8. The van der Waals surface area contributed by atoms with Gasteiger partial charge in [-0.15, -0.1) is 0 Å². The minimum Gasteiger partial charge on any atom is -0.478 e. The van der Waals surface area contributed by atoms with Gasteiger partial charge in [-0.25, -0.2) is 9.59 Å². The molecular formula is C44H61N7O13. The molecule has 20 heteroatoms. The van der Waals surface area contributed by atoms with E-state index in [0.29, 0.717) is 25.7 Å². The number of allylic oxidation sites excluding steroid dienone is 1. The number of rotatable bonds is 19. The molecule has 2 saturated carbocycles. The maximum Gasteiger partial charge on any atom is 0.336 e. The Bertz CT molecular complexity index is 1980. The van der Waals surface area contributed by atoms with E-state index in [4.69, 9.17) is 10.5 Å². The number of hydrogen-bond donors (Lipinski definition) is 6. The fourth-order valence-electron chi connectivity index (χ4n) is 8.62. The van der Waals surface area contributed by atoms with Crippen molar-refractivity contribution in [3.8, 4) is 0 Å². The summed E-state index contributed by atoms with van der Waals surface area (Å²) in [4.78, 5) is 132. The summed E-state index contributed by atoms with van der Waals surface area (Å²) in [5, 5.41) is 31.9. The van der Waals surface area contributed by atoms with Crippen LogP contribution in [-0.4, -0.2) is 111 Å². The summed E-state index contributed by atoms with van der Waals surface area (Å²) >= 11 is 0. The van der Waals surface area contributed by atoms with Gasteiger partial charge < -0.3 is 41.7 Å². The molecule has 1 heterocycles. The molecule has 3 aliphatic rings. The number of nitrogens with zero attached hydrogens (tertiary/aromatic N) is 2. The Labute approximate surface area is 371 Å². The summed E-state index contributed by atoms with van der Waals surface area (Å²) in [7, 11) is 0. The summed E-state index contributed by atoms with van der Waals surface area (Å²) in [5.74, 6) is -8.12. The quantitative estimate of drug-likeness (QED) is 0.0504. The number of carboxylic acid groups (broad SMARTS) is 1. The van der Waals surface area contributed by atoms with E-state index in [1.807, 2.05) is 0 Å². The maximum absolute atomic E-state index is 14.6. The molecule has 0 radical (unpaired) electrons. The molecule has 1 saturated heterocycles. The highest BCUT2D eigenvalue weighted by molar-refractivity contribution is 6.07. The topological polar surface area (TPSA) is 304 Å². The van der Waals surface area contributed by atoms with Gasteiger partial charge in [0, 0.05) is 24.6 Å². The third kappa shape index (κ3) is 13.6. The number of non-ortho nitro benzene ring substituents is 1. The van der Waals surface area contributed by atoms with Crippen LogP contribution in [-0.2, 0) is 38.3 Å². The van der Waals surface area contributed by atoms with Crippen molar-refractivity contribution in [1.29, 1.82) is 0 Å². The molecule has 7 N–H and O–H groups in total. The first-order valence-corrected chi connectivity index (χ1v) is 21.9. The number of nitrogens with one attached hydrogen (secondary N) is 4. The zero-order chi connectivity index (χ0) is 47.3. The van der Waals surface area contributed by atoms with Crippen molar-refractivity contribution in [3.05, 3.63) is 51.6 Å². The fraction of sp³-hybridized carbons (Fsp3) is 0.614. The van der Waals surface area contributed by atoms with Crippen LogP contribution in [0.15, 0.2) is 30.4 Å². The normalized spacial score (nSPS) is 19.2. The molecular weight excluding hydrogens is 835 g/mol. The van der Waals surface area contributed by atoms with Crippen molar-refractivity contribution in [2.24, 2.45) is 23.0 Å². The number of amides is 6. The molecule has 0 spiro atoms. The second-order valence-corrected chi connectivity index (χ2v) is 17.8. The number of ether oxygens (including phenoxy) is 1. The number of carboxylic acids is 1. The molecule has 4 rings (SSSR count). The van der Waals surface area contributed by atoms with E-state index in [1.165, 1.54) is 6.08 Å². The average Bonchev–Trinajstić information content (AvgIpc) is 3.65. The molecule has 3 fully saturated rings. The lowest BCUT2D eigenvalue weighted by molar-refractivity contribution is -0.384. The summed E-state index contributed by atoms with van der Waals surface area (Å²) in [6, 6.07) is -3.84. The minimum atomic E-state index is -1.57. The van der Waals surface area contributed by atoms with Crippen LogP contribution < -0.4 is 27.0 Å². The molecule has 64 heavy (non-hydrogen) atoms. The van der Waals surface area contributed by atoms with Crippen molar-refractivity contribution >= 4 is 58.9 Å². The van der Waals surface area contributed by atoms with Crippen LogP contribution in [0.25, 0.3) is 0 Å². The van der Waals surface area contributed by atoms with Crippen molar-refractivity contribution in [3.63, 3.8) is 0 Å². The van der Waals surface area contributed by atoms with E-state index in [9.17, 15) is 58.4 Å². The first-order valence-electron chi connectivity index (χ1n) is 21.9. The number of nitrogens with two attached hydrogens (primary N) is 1. The van der Waals surface area contributed by atoms with Crippen molar-refractivity contribution in [1.82, 2.24) is 26.2 Å². The predicted octanol–water partition coefficient (Wildman–Crippen LogP) is 2.61. The number of Topliss-reactive ketones (excluding diaryl/α,β-unsaturated/α-hetero) is 1. The summed E-state index contributed by atoms with van der Waals surface area (Å²) in [5.41, 5.74) is 2.88. The number of esters is 1. The van der Waals surface area contributed by atoms with Gasteiger partial charge >= 0.3 is 11.9 Å². The Balaban J connectivity index is 1.60. The van der Waals surface area contributed by atoms with Crippen LogP contribution in [0, 0.1) is 27.4 Å². The number of likely N-dealkylation sites (tertiary alicyclic amines) is 1. The Morgan fingerprint density at radius 2 is 1.50 bits per heavy atom. The highest BCUT2D eigenvalue weighted by Crippen LogP contribution is 2.30. The lowest BCUT2D eigenvalue weighted by Gasteiger charge is -2.37. The first kappa shape index (κ1) is 50.4. The summed E-state index contributed by atoms with van der Waals surface area (Å²) < 4.78 is 4.88. The molecule has 6 amide bonds. The van der Waals surface area contributed by atoms with E-state index in [-0.39, 0.29) is 37.7 Å². The zero-order valence-corrected chi connectivity index (χ0v) is 36.9. The molecule has 0 aromatic heterocycles. The average molecular weight is 896 g/mol. The third-order valence-electron chi connectivity index (χ3n) is 12.0. The molecule has 20 nitrogen and oxygen atoms in total. The smallest absolute Gasteiger partial charge is 0.336 e. The molecule has 5 atom stereocenters. The van der Waals surface area contributed by atoms with Gasteiger partial charge in [0.25, 0.3) is 11.6 Å². The van der Waals surface area contributed by atoms with E-state index in [2.05, 4.69) is 21.3 Å². The number of nitro benzene ring substituents is 1. The molecule has 1 aliphatic heterocycles. The monoisotopic (exact) mass is 895 g/mol. The fourth-order valence-corrected chi connectivity index (χ4v) is 8.62. The Morgan fingerprint density at radius 3 is 2.05 bits per heavy atom. The van der Waals surface area contributed by atoms with Gasteiger partial charge in [-0.05, 0) is 68.8 Å². The van der Waals surface area contributed by atoms with Crippen molar-refractivity contribution < 1.29 is 57.9 Å². The number of benzene rings is 1.